The van der Waals surface area contributed by atoms with Crippen molar-refractivity contribution in [3.05, 3.63) is 36.5 Å². The molecule has 0 radical (unpaired) electrons. The summed E-state index contributed by atoms with van der Waals surface area (Å²) in [5.74, 6) is 1.14. The van der Waals surface area contributed by atoms with Crippen LogP contribution in [0.1, 0.15) is 5.89 Å². The molecule has 0 amide bonds. The van der Waals surface area contributed by atoms with Gasteiger partial charge in [0.15, 0.2) is 0 Å². The van der Waals surface area contributed by atoms with Gasteiger partial charge in [0.05, 0.1) is 11.0 Å². The van der Waals surface area contributed by atoms with Crippen LogP contribution in [0.4, 0.5) is 0 Å². The molecular weight excluding hydrogens is 242 g/mol. The van der Waals surface area contributed by atoms with Crippen molar-refractivity contribution in [1.82, 2.24) is 25.5 Å². The molecule has 0 atom stereocenters. The predicted molar refractivity (Wildman–Crippen MR) is 70.5 cm³/mol. The van der Waals surface area contributed by atoms with Crippen molar-refractivity contribution in [2.45, 2.75) is 6.42 Å². The molecule has 2 heterocycles. The monoisotopic (exact) mass is 255 g/mol. The number of hydrogen-bond donors (Lipinski definition) is 1. The third-order valence-electron chi connectivity index (χ3n) is 2.77. The lowest BCUT2D eigenvalue weighted by Gasteiger charge is -1.98. The molecule has 1 aromatic carbocycles. The average Bonchev–Trinajstić information content (AvgIpc) is 2.93. The Bertz CT molecular complexity index is 694. The number of fused-ring (bicyclic) bond motifs is 1. The third kappa shape index (κ3) is 2.43. The Hall–Kier alpha value is -2.34. The van der Waals surface area contributed by atoms with Crippen LogP contribution in [0.3, 0.4) is 0 Å². The first-order valence-corrected chi connectivity index (χ1v) is 6.05. The van der Waals surface area contributed by atoms with Gasteiger partial charge in [0.1, 0.15) is 0 Å². The van der Waals surface area contributed by atoms with Gasteiger partial charge in [-0.2, -0.15) is 0 Å². The van der Waals surface area contributed by atoms with Gasteiger partial charge >= 0.3 is 0 Å². The van der Waals surface area contributed by atoms with E-state index in [2.05, 4.69) is 25.5 Å². The summed E-state index contributed by atoms with van der Waals surface area (Å²) in [5.41, 5.74) is 2.52. The Labute approximate surface area is 109 Å². The van der Waals surface area contributed by atoms with Crippen LogP contribution in [0.15, 0.2) is 35.0 Å². The van der Waals surface area contributed by atoms with Gasteiger partial charge in [0, 0.05) is 30.9 Å². The molecule has 0 aliphatic carbocycles. The van der Waals surface area contributed by atoms with E-state index in [1.807, 2.05) is 25.2 Å². The molecule has 3 rings (SSSR count). The van der Waals surface area contributed by atoms with Crippen LogP contribution in [0, 0.1) is 0 Å². The van der Waals surface area contributed by atoms with Gasteiger partial charge in [0.2, 0.25) is 11.8 Å². The summed E-state index contributed by atoms with van der Waals surface area (Å²) >= 11 is 0. The minimum Gasteiger partial charge on any atom is -0.421 e. The van der Waals surface area contributed by atoms with E-state index in [-0.39, 0.29) is 0 Å². The number of rotatable bonds is 4. The minimum absolute atomic E-state index is 0.513. The number of benzene rings is 1. The number of nitrogens with zero attached hydrogens (tertiary/aromatic N) is 4. The summed E-state index contributed by atoms with van der Waals surface area (Å²) in [5, 5.41) is 11.1. The van der Waals surface area contributed by atoms with Crippen LogP contribution < -0.4 is 5.32 Å². The maximum absolute atomic E-state index is 5.61. The zero-order valence-electron chi connectivity index (χ0n) is 10.5. The molecular formula is C13H13N5O. The lowest BCUT2D eigenvalue weighted by molar-refractivity contribution is 0.500. The van der Waals surface area contributed by atoms with E-state index >= 15 is 0 Å². The molecule has 6 nitrogen and oxygen atoms in total. The van der Waals surface area contributed by atoms with Gasteiger partial charge in [-0.3, -0.25) is 9.97 Å². The van der Waals surface area contributed by atoms with Gasteiger partial charge < -0.3 is 9.73 Å². The van der Waals surface area contributed by atoms with Crippen molar-refractivity contribution < 1.29 is 4.42 Å². The largest absolute Gasteiger partial charge is 0.421 e. The van der Waals surface area contributed by atoms with Crippen molar-refractivity contribution in [3.63, 3.8) is 0 Å². The first-order chi connectivity index (χ1) is 9.36. The Morgan fingerprint density at radius 3 is 2.79 bits per heavy atom. The van der Waals surface area contributed by atoms with E-state index in [0.717, 1.165) is 29.6 Å². The van der Waals surface area contributed by atoms with E-state index in [0.29, 0.717) is 11.8 Å². The van der Waals surface area contributed by atoms with E-state index in [1.165, 1.54) is 0 Å². The normalized spacial score (nSPS) is 11.0. The zero-order chi connectivity index (χ0) is 13.1. The van der Waals surface area contributed by atoms with Crippen LogP contribution in [0.2, 0.25) is 0 Å². The van der Waals surface area contributed by atoms with Crippen molar-refractivity contribution >= 4 is 11.0 Å². The molecule has 0 fully saturated rings. The summed E-state index contributed by atoms with van der Waals surface area (Å²) in [7, 11) is 1.89. The Morgan fingerprint density at radius 1 is 1.11 bits per heavy atom. The maximum atomic E-state index is 5.61. The summed E-state index contributed by atoms with van der Waals surface area (Å²) in [6.07, 6.45) is 4.06. The van der Waals surface area contributed by atoms with Gasteiger partial charge in [-0.05, 0) is 25.2 Å². The van der Waals surface area contributed by atoms with Gasteiger partial charge in [-0.15, -0.1) is 10.2 Å². The second-order valence-electron chi connectivity index (χ2n) is 4.11. The first-order valence-electron chi connectivity index (χ1n) is 6.05. The predicted octanol–water partition coefficient (Wildman–Crippen LogP) is 1.44. The summed E-state index contributed by atoms with van der Waals surface area (Å²) in [4.78, 5) is 8.49. The maximum Gasteiger partial charge on any atom is 0.247 e. The third-order valence-corrected chi connectivity index (χ3v) is 2.77. The molecule has 0 saturated carbocycles. The van der Waals surface area contributed by atoms with Crippen LogP contribution in [-0.2, 0) is 6.42 Å². The van der Waals surface area contributed by atoms with Crippen molar-refractivity contribution in [2.24, 2.45) is 0 Å². The number of likely N-dealkylation sites (N-methyl/N-ethyl adjacent to an activating group) is 1. The van der Waals surface area contributed by atoms with Gasteiger partial charge in [0.25, 0.3) is 0 Å². The Balaban J connectivity index is 1.92. The average molecular weight is 255 g/mol. The van der Waals surface area contributed by atoms with Crippen molar-refractivity contribution in [3.8, 4) is 11.5 Å². The number of aromatic nitrogens is 4. The van der Waals surface area contributed by atoms with Gasteiger partial charge in [-0.1, -0.05) is 0 Å². The SMILES string of the molecule is CNCCc1nnc(-c2ccc3nccnc3c2)o1. The fourth-order valence-corrected chi connectivity index (χ4v) is 1.80. The highest BCUT2D eigenvalue weighted by molar-refractivity contribution is 5.78. The minimum atomic E-state index is 0.513. The molecule has 1 N–H and O–H groups in total. The summed E-state index contributed by atoms with van der Waals surface area (Å²) in [6.45, 7) is 0.810. The lowest BCUT2D eigenvalue weighted by Crippen LogP contribution is -2.10. The van der Waals surface area contributed by atoms with Crippen LogP contribution in [0.25, 0.3) is 22.5 Å². The van der Waals surface area contributed by atoms with E-state index in [4.69, 9.17) is 4.42 Å². The van der Waals surface area contributed by atoms with E-state index in [9.17, 15) is 0 Å². The van der Waals surface area contributed by atoms with Crippen LogP contribution in [0.5, 0.6) is 0 Å². The Kier molecular flexibility index (Phi) is 3.16. The van der Waals surface area contributed by atoms with Crippen molar-refractivity contribution in [2.75, 3.05) is 13.6 Å². The van der Waals surface area contributed by atoms with Gasteiger partial charge in [-0.25, -0.2) is 0 Å². The molecule has 0 aliphatic heterocycles. The molecule has 0 saturated heterocycles. The summed E-state index contributed by atoms with van der Waals surface area (Å²) in [6, 6.07) is 5.71. The summed E-state index contributed by atoms with van der Waals surface area (Å²) < 4.78 is 5.61. The molecule has 0 spiro atoms. The van der Waals surface area contributed by atoms with Crippen molar-refractivity contribution in [1.29, 1.82) is 0 Å². The first kappa shape index (κ1) is 11.7. The molecule has 0 aliphatic rings. The molecule has 19 heavy (non-hydrogen) atoms. The van der Waals surface area contributed by atoms with Crippen LogP contribution >= 0.6 is 0 Å². The molecule has 0 bridgehead atoms. The molecule has 0 unspecified atom stereocenters. The molecule has 2 aromatic heterocycles. The molecule has 6 heteroatoms. The second-order valence-corrected chi connectivity index (χ2v) is 4.11. The lowest BCUT2D eigenvalue weighted by atomic mass is 10.2. The Morgan fingerprint density at radius 2 is 1.95 bits per heavy atom. The fraction of sp³-hybridized carbons (Fsp3) is 0.231. The highest BCUT2D eigenvalue weighted by Crippen LogP contribution is 2.21. The van der Waals surface area contributed by atoms with E-state index < -0.39 is 0 Å². The second kappa shape index (κ2) is 5.11. The highest BCUT2D eigenvalue weighted by atomic mass is 16.4. The standard InChI is InChI=1S/C13H13N5O/c1-14-5-4-12-17-18-13(19-12)9-2-3-10-11(8-9)16-7-6-15-10/h2-3,6-8,14H,4-5H2,1H3. The van der Waals surface area contributed by atoms with E-state index in [1.54, 1.807) is 12.4 Å². The quantitative estimate of drug-likeness (QED) is 0.760. The number of nitrogens with one attached hydrogen (secondary N) is 1. The fourth-order valence-electron chi connectivity index (χ4n) is 1.80. The number of hydrogen-bond acceptors (Lipinski definition) is 6. The van der Waals surface area contributed by atoms with Crippen LogP contribution in [-0.4, -0.2) is 33.8 Å². The zero-order valence-corrected chi connectivity index (χ0v) is 10.5. The smallest absolute Gasteiger partial charge is 0.247 e. The molecule has 3 aromatic rings. The topological polar surface area (TPSA) is 76.7 Å². The highest BCUT2D eigenvalue weighted by Gasteiger charge is 2.09. The molecule has 96 valence electrons.